The van der Waals surface area contributed by atoms with Crippen LogP contribution in [-0.2, 0) is 5.41 Å². The summed E-state index contributed by atoms with van der Waals surface area (Å²) >= 11 is 0. The summed E-state index contributed by atoms with van der Waals surface area (Å²) in [6.45, 7) is 8.25. The fraction of sp³-hybridized carbons (Fsp3) is 0.0189. The minimum Gasteiger partial charge on any atom is -0.309 e. The maximum absolute atomic E-state index is 4.13. The summed E-state index contributed by atoms with van der Waals surface area (Å²) in [5, 5.41) is 0. The fourth-order valence-corrected chi connectivity index (χ4v) is 9.07. The van der Waals surface area contributed by atoms with E-state index in [1.165, 1.54) is 66.8 Å². The van der Waals surface area contributed by atoms with Gasteiger partial charge < -0.3 is 4.90 Å². The molecule has 0 aliphatic heterocycles. The highest BCUT2D eigenvalue weighted by Gasteiger charge is 2.52. The Morgan fingerprint density at radius 3 is 1.52 bits per heavy atom. The Balaban J connectivity index is 1.28. The smallest absolute Gasteiger partial charge is 0.0726 e. The molecule has 0 bridgehead atoms. The molecule has 1 nitrogen and oxygen atoms in total. The SMILES string of the molecule is C=Cc1ccc2c(c1)-c1cc(C=C)ccc1C21c2ccccc2-c2c(N(c3ccc(-c4ccccc4)cc3)c3ccccc3-c3ccccc3)cccc21. The molecule has 1 spiro atoms. The standard InChI is InChI=1S/C53H37N/c1-3-36-26-32-47-44(34-36)45-35-37(4-2)27-33-48(45)53(47)46-22-13-11-21-43(46)52-49(53)23-15-25-51(52)54(41-30-28-39(29-31-41)38-16-7-5-8-17-38)50-24-14-12-20-42(50)40-18-9-6-10-19-40/h3-35H,1-2H2. The molecule has 0 unspecified atom stereocenters. The quantitative estimate of drug-likeness (QED) is 0.161. The van der Waals surface area contributed by atoms with E-state index in [0.717, 1.165) is 28.2 Å². The number of hydrogen-bond donors (Lipinski definition) is 0. The molecule has 0 heterocycles. The molecule has 0 fully saturated rings. The number of rotatable bonds is 7. The maximum Gasteiger partial charge on any atom is 0.0726 e. The largest absolute Gasteiger partial charge is 0.309 e. The molecule has 10 rings (SSSR count). The number of fused-ring (bicyclic) bond motifs is 10. The predicted octanol–water partition coefficient (Wildman–Crippen LogP) is 14.1. The second-order valence-electron chi connectivity index (χ2n) is 14.1. The van der Waals surface area contributed by atoms with Crippen LogP contribution in [0.4, 0.5) is 17.1 Å². The summed E-state index contributed by atoms with van der Waals surface area (Å²) in [5.41, 5.74) is 20.1. The van der Waals surface area contributed by atoms with Gasteiger partial charge in [0.2, 0.25) is 0 Å². The molecule has 2 aliphatic rings. The van der Waals surface area contributed by atoms with Crippen LogP contribution >= 0.6 is 0 Å². The molecule has 0 aromatic heterocycles. The third-order valence-corrected chi connectivity index (χ3v) is 11.4. The molecule has 0 amide bonds. The van der Waals surface area contributed by atoms with Gasteiger partial charge in [0.1, 0.15) is 0 Å². The highest BCUT2D eigenvalue weighted by atomic mass is 15.1. The molecule has 1 heteroatoms. The van der Waals surface area contributed by atoms with Crippen molar-refractivity contribution < 1.29 is 0 Å². The van der Waals surface area contributed by atoms with Crippen LogP contribution in [0.15, 0.2) is 201 Å². The van der Waals surface area contributed by atoms with Gasteiger partial charge in [-0.25, -0.2) is 0 Å². The molecule has 0 radical (unpaired) electrons. The van der Waals surface area contributed by atoms with Crippen molar-refractivity contribution in [2.24, 2.45) is 0 Å². The average molecular weight is 688 g/mol. The fourth-order valence-electron chi connectivity index (χ4n) is 9.07. The molecule has 254 valence electrons. The zero-order valence-electron chi connectivity index (χ0n) is 29.9. The summed E-state index contributed by atoms with van der Waals surface area (Å²) in [4.78, 5) is 2.48. The van der Waals surface area contributed by atoms with E-state index >= 15 is 0 Å². The summed E-state index contributed by atoms with van der Waals surface area (Å²) in [5.74, 6) is 0. The average Bonchev–Trinajstić information content (AvgIpc) is 3.71. The van der Waals surface area contributed by atoms with Gasteiger partial charge in [-0.1, -0.05) is 177 Å². The molecule has 0 N–H and O–H groups in total. The lowest BCUT2D eigenvalue weighted by Gasteiger charge is -2.32. The normalized spacial score (nSPS) is 12.7. The molecule has 0 atom stereocenters. The van der Waals surface area contributed by atoms with Gasteiger partial charge in [-0.15, -0.1) is 0 Å². The van der Waals surface area contributed by atoms with E-state index in [9.17, 15) is 0 Å². The van der Waals surface area contributed by atoms with E-state index < -0.39 is 5.41 Å². The first-order valence-electron chi connectivity index (χ1n) is 18.6. The molecule has 8 aromatic rings. The molecule has 54 heavy (non-hydrogen) atoms. The van der Waals surface area contributed by atoms with Gasteiger partial charge in [-0.05, 0) is 103 Å². The second kappa shape index (κ2) is 12.6. The lowest BCUT2D eigenvalue weighted by atomic mass is 9.70. The van der Waals surface area contributed by atoms with Crippen molar-refractivity contribution in [3.8, 4) is 44.5 Å². The molecule has 0 saturated heterocycles. The van der Waals surface area contributed by atoms with Crippen molar-refractivity contribution in [1.82, 2.24) is 0 Å². The molecular weight excluding hydrogens is 651 g/mol. The van der Waals surface area contributed by atoms with Crippen molar-refractivity contribution in [3.05, 3.63) is 235 Å². The highest BCUT2D eigenvalue weighted by molar-refractivity contribution is 6.02. The van der Waals surface area contributed by atoms with E-state index in [1.54, 1.807) is 0 Å². The molecule has 2 aliphatic carbocycles. The molecule has 8 aromatic carbocycles. The zero-order chi connectivity index (χ0) is 36.2. The highest BCUT2D eigenvalue weighted by Crippen LogP contribution is 2.65. The minimum atomic E-state index is -0.492. The van der Waals surface area contributed by atoms with Crippen LogP contribution in [0, 0.1) is 0 Å². The Hall–Kier alpha value is -6.96. The zero-order valence-corrected chi connectivity index (χ0v) is 29.9. The van der Waals surface area contributed by atoms with Gasteiger partial charge >= 0.3 is 0 Å². The number of nitrogens with zero attached hydrogens (tertiary/aromatic N) is 1. The number of para-hydroxylation sites is 1. The van der Waals surface area contributed by atoms with E-state index in [1.807, 2.05) is 12.2 Å². The van der Waals surface area contributed by atoms with Crippen LogP contribution in [-0.4, -0.2) is 0 Å². The summed E-state index contributed by atoms with van der Waals surface area (Å²) in [6.07, 6.45) is 3.89. The lowest BCUT2D eigenvalue weighted by molar-refractivity contribution is 0.793. The van der Waals surface area contributed by atoms with E-state index in [4.69, 9.17) is 0 Å². The first kappa shape index (κ1) is 31.7. The second-order valence-corrected chi connectivity index (χ2v) is 14.1. The van der Waals surface area contributed by atoms with Gasteiger partial charge in [0.05, 0.1) is 16.8 Å². The molecule has 0 saturated carbocycles. The van der Waals surface area contributed by atoms with Gasteiger partial charge in [-0.3, -0.25) is 0 Å². The number of hydrogen-bond acceptors (Lipinski definition) is 1. The van der Waals surface area contributed by atoms with Crippen LogP contribution in [0.1, 0.15) is 33.4 Å². The van der Waals surface area contributed by atoms with Crippen molar-refractivity contribution in [2.45, 2.75) is 5.41 Å². The Morgan fingerprint density at radius 1 is 0.370 bits per heavy atom. The Kier molecular flexibility index (Phi) is 7.42. The van der Waals surface area contributed by atoms with Crippen molar-refractivity contribution in [2.75, 3.05) is 4.90 Å². The van der Waals surface area contributed by atoms with Crippen molar-refractivity contribution >= 4 is 29.2 Å². The van der Waals surface area contributed by atoms with E-state index in [-0.39, 0.29) is 0 Å². The van der Waals surface area contributed by atoms with Crippen LogP contribution in [0.3, 0.4) is 0 Å². The Labute approximate surface area is 317 Å². The summed E-state index contributed by atoms with van der Waals surface area (Å²) < 4.78 is 0. The summed E-state index contributed by atoms with van der Waals surface area (Å²) in [6, 6.07) is 68.9. The Morgan fingerprint density at radius 2 is 0.870 bits per heavy atom. The van der Waals surface area contributed by atoms with Gasteiger partial charge in [0.25, 0.3) is 0 Å². The van der Waals surface area contributed by atoms with E-state index in [0.29, 0.717) is 0 Å². The number of anilines is 3. The van der Waals surface area contributed by atoms with Gasteiger partial charge in [-0.2, -0.15) is 0 Å². The topological polar surface area (TPSA) is 3.24 Å². The van der Waals surface area contributed by atoms with Crippen LogP contribution < -0.4 is 4.90 Å². The maximum atomic E-state index is 4.13. The monoisotopic (exact) mass is 687 g/mol. The third kappa shape index (κ3) is 4.65. The third-order valence-electron chi connectivity index (χ3n) is 11.4. The van der Waals surface area contributed by atoms with Crippen LogP contribution in [0.5, 0.6) is 0 Å². The van der Waals surface area contributed by atoms with Crippen LogP contribution in [0.25, 0.3) is 56.7 Å². The van der Waals surface area contributed by atoms with E-state index in [2.05, 4.69) is 206 Å². The minimum absolute atomic E-state index is 0.492. The van der Waals surface area contributed by atoms with Crippen LogP contribution in [0.2, 0.25) is 0 Å². The van der Waals surface area contributed by atoms with Gasteiger partial charge in [0.15, 0.2) is 0 Å². The molecular formula is C53H37N. The van der Waals surface area contributed by atoms with Crippen molar-refractivity contribution in [3.63, 3.8) is 0 Å². The van der Waals surface area contributed by atoms with Crippen molar-refractivity contribution in [1.29, 1.82) is 0 Å². The number of benzene rings is 8. The summed E-state index contributed by atoms with van der Waals surface area (Å²) in [7, 11) is 0. The lowest BCUT2D eigenvalue weighted by Crippen LogP contribution is -2.26. The first-order valence-corrected chi connectivity index (χ1v) is 18.6. The van der Waals surface area contributed by atoms with Gasteiger partial charge in [0, 0.05) is 16.8 Å². The Bertz CT molecular complexity index is 2680. The first-order chi connectivity index (χ1) is 26.7. The predicted molar refractivity (Wildman–Crippen MR) is 228 cm³/mol.